The number of hydrogen-bond donors (Lipinski definition) is 0. The summed E-state index contributed by atoms with van der Waals surface area (Å²) in [6.07, 6.45) is 0. The molecule has 2 aromatic carbocycles. The molecule has 0 saturated heterocycles. The van der Waals surface area contributed by atoms with Crippen LogP contribution < -0.4 is 4.80 Å². The highest BCUT2D eigenvalue weighted by atomic mass is 32.1. The van der Waals surface area contributed by atoms with Crippen molar-refractivity contribution < 1.29 is 9.18 Å². The molecule has 21 heavy (non-hydrogen) atoms. The van der Waals surface area contributed by atoms with Gasteiger partial charge in [-0.05, 0) is 31.2 Å². The molecule has 0 atom stereocenters. The average molecular weight is 300 g/mol. The van der Waals surface area contributed by atoms with Crippen LogP contribution in [0, 0.1) is 5.82 Å². The summed E-state index contributed by atoms with van der Waals surface area (Å²) in [7, 11) is 0. The topological polar surface area (TPSA) is 34.4 Å². The highest BCUT2D eigenvalue weighted by Gasteiger charge is 2.11. The first-order valence-corrected chi connectivity index (χ1v) is 7.44. The molecule has 1 amide bonds. The van der Waals surface area contributed by atoms with Crippen LogP contribution in [0.15, 0.2) is 53.5 Å². The highest BCUT2D eigenvalue weighted by molar-refractivity contribution is 7.16. The van der Waals surface area contributed by atoms with E-state index in [4.69, 9.17) is 0 Å². The lowest BCUT2D eigenvalue weighted by Gasteiger charge is -2.00. The van der Waals surface area contributed by atoms with Crippen LogP contribution >= 0.6 is 11.3 Å². The zero-order valence-corrected chi connectivity index (χ0v) is 12.2. The summed E-state index contributed by atoms with van der Waals surface area (Å²) in [6.45, 7) is 2.69. The predicted octanol–water partition coefficient (Wildman–Crippen LogP) is 3.60. The van der Waals surface area contributed by atoms with Gasteiger partial charge in [0.25, 0.3) is 5.91 Å². The van der Waals surface area contributed by atoms with E-state index in [1.807, 2.05) is 35.8 Å². The van der Waals surface area contributed by atoms with Gasteiger partial charge in [-0.15, -0.1) is 0 Å². The number of fused-ring (bicyclic) bond motifs is 1. The number of halogens is 1. The van der Waals surface area contributed by atoms with E-state index in [0.717, 1.165) is 10.2 Å². The minimum absolute atomic E-state index is 0.00221. The Morgan fingerprint density at radius 3 is 2.67 bits per heavy atom. The Hall–Kier alpha value is -2.27. The van der Waals surface area contributed by atoms with E-state index in [0.29, 0.717) is 11.3 Å². The molecule has 0 saturated carbocycles. The summed E-state index contributed by atoms with van der Waals surface area (Å²) in [4.78, 5) is 16.9. The van der Waals surface area contributed by atoms with Crippen LogP contribution in [-0.4, -0.2) is 10.5 Å². The van der Waals surface area contributed by atoms with Gasteiger partial charge in [0.1, 0.15) is 5.82 Å². The molecule has 1 aromatic heterocycles. The first-order chi connectivity index (χ1) is 10.2. The van der Waals surface area contributed by atoms with Gasteiger partial charge in [0.2, 0.25) is 0 Å². The average Bonchev–Trinajstić information content (AvgIpc) is 2.84. The Morgan fingerprint density at radius 1 is 1.19 bits per heavy atom. The first kappa shape index (κ1) is 13.7. The number of thiazole rings is 1. The van der Waals surface area contributed by atoms with E-state index < -0.39 is 11.7 Å². The molecule has 0 N–H and O–H groups in total. The van der Waals surface area contributed by atoms with Gasteiger partial charge < -0.3 is 4.57 Å². The summed E-state index contributed by atoms with van der Waals surface area (Å²) in [5.41, 5.74) is 1.03. The van der Waals surface area contributed by atoms with E-state index in [1.165, 1.54) is 23.5 Å². The van der Waals surface area contributed by atoms with Crippen molar-refractivity contribution in [3.8, 4) is 0 Å². The molecule has 3 rings (SSSR count). The fourth-order valence-electron chi connectivity index (χ4n) is 2.19. The van der Waals surface area contributed by atoms with Crippen molar-refractivity contribution in [1.82, 2.24) is 4.57 Å². The second-order valence-corrected chi connectivity index (χ2v) is 5.50. The smallest absolute Gasteiger partial charge is 0.282 e. The van der Waals surface area contributed by atoms with Crippen LogP contribution in [0.3, 0.4) is 0 Å². The fourth-order valence-corrected chi connectivity index (χ4v) is 3.29. The normalized spacial score (nSPS) is 12.0. The van der Waals surface area contributed by atoms with Crippen LogP contribution in [0.1, 0.15) is 17.3 Å². The van der Waals surface area contributed by atoms with Crippen molar-refractivity contribution in [2.24, 2.45) is 4.99 Å². The van der Waals surface area contributed by atoms with E-state index in [-0.39, 0.29) is 5.56 Å². The largest absolute Gasteiger partial charge is 0.317 e. The first-order valence-electron chi connectivity index (χ1n) is 6.62. The Bertz CT molecular complexity index is 879. The molecule has 0 radical (unpaired) electrons. The quantitative estimate of drug-likeness (QED) is 0.712. The molecule has 106 valence electrons. The molecule has 3 aromatic rings. The minimum atomic E-state index is -0.554. The van der Waals surface area contributed by atoms with Crippen LogP contribution in [0.2, 0.25) is 0 Å². The van der Waals surface area contributed by atoms with Crippen LogP contribution in [0.5, 0.6) is 0 Å². The molecular formula is C16H13FN2OS. The van der Waals surface area contributed by atoms with Gasteiger partial charge in [-0.25, -0.2) is 4.39 Å². The maximum Gasteiger partial charge on any atom is 0.282 e. The molecule has 0 aliphatic rings. The zero-order valence-electron chi connectivity index (χ0n) is 11.4. The SMILES string of the molecule is CCn1c(=NC(=O)c2ccccc2F)sc2ccccc21. The number of rotatable bonds is 2. The molecule has 0 fully saturated rings. The van der Waals surface area contributed by atoms with Crippen molar-refractivity contribution in [3.63, 3.8) is 0 Å². The zero-order chi connectivity index (χ0) is 14.8. The van der Waals surface area contributed by atoms with E-state index in [1.54, 1.807) is 12.1 Å². The van der Waals surface area contributed by atoms with Gasteiger partial charge in [0.15, 0.2) is 4.80 Å². The van der Waals surface area contributed by atoms with Gasteiger partial charge in [0.05, 0.1) is 15.8 Å². The lowest BCUT2D eigenvalue weighted by Crippen LogP contribution is -2.16. The number of carbonyl (C=O) groups is 1. The number of carbonyl (C=O) groups excluding carboxylic acids is 1. The second kappa shape index (κ2) is 5.61. The van der Waals surface area contributed by atoms with Crippen molar-refractivity contribution >= 4 is 27.5 Å². The van der Waals surface area contributed by atoms with Gasteiger partial charge in [-0.2, -0.15) is 4.99 Å². The summed E-state index contributed by atoms with van der Waals surface area (Å²) >= 11 is 1.43. The molecule has 3 nitrogen and oxygen atoms in total. The van der Waals surface area contributed by atoms with Gasteiger partial charge in [0, 0.05) is 6.54 Å². The lowest BCUT2D eigenvalue weighted by molar-refractivity contribution is 0.0994. The van der Waals surface area contributed by atoms with Crippen molar-refractivity contribution in [2.75, 3.05) is 0 Å². The second-order valence-electron chi connectivity index (χ2n) is 4.49. The maximum atomic E-state index is 13.6. The maximum absolute atomic E-state index is 13.6. The third-order valence-electron chi connectivity index (χ3n) is 3.21. The molecule has 0 unspecified atom stereocenters. The molecule has 0 bridgehead atoms. The number of benzene rings is 2. The summed E-state index contributed by atoms with van der Waals surface area (Å²) in [5.74, 6) is -1.10. The highest BCUT2D eigenvalue weighted by Crippen LogP contribution is 2.16. The third kappa shape index (κ3) is 2.52. The van der Waals surface area contributed by atoms with Crippen LogP contribution in [0.25, 0.3) is 10.2 Å². The van der Waals surface area contributed by atoms with Crippen molar-refractivity contribution in [2.45, 2.75) is 13.5 Å². The number of hydrogen-bond acceptors (Lipinski definition) is 2. The molecule has 1 heterocycles. The summed E-state index contributed by atoms with van der Waals surface area (Å²) in [5, 5.41) is 0. The van der Waals surface area contributed by atoms with Crippen molar-refractivity contribution in [3.05, 3.63) is 64.7 Å². The Labute approximate surface area is 125 Å². The number of aromatic nitrogens is 1. The Kier molecular flexibility index (Phi) is 3.66. The number of aryl methyl sites for hydroxylation is 1. The van der Waals surface area contributed by atoms with E-state index in [2.05, 4.69) is 4.99 Å². The molecule has 0 aliphatic carbocycles. The van der Waals surface area contributed by atoms with E-state index in [9.17, 15) is 9.18 Å². The monoisotopic (exact) mass is 300 g/mol. The fraction of sp³-hybridized carbons (Fsp3) is 0.125. The summed E-state index contributed by atoms with van der Waals surface area (Å²) < 4.78 is 16.7. The van der Waals surface area contributed by atoms with E-state index >= 15 is 0 Å². The minimum Gasteiger partial charge on any atom is -0.317 e. The van der Waals surface area contributed by atoms with Gasteiger partial charge >= 0.3 is 0 Å². The van der Waals surface area contributed by atoms with Gasteiger partial charge in [-0.1, -0.05) is 35.6 Å². The predicted molar refractivity (Wildman–Crippen MR) is 81.8 cm³/mol. The molecule has 0 spiro atoms. The number of amides is 1. The van der Waals surface area contributed by atoms with Crippen LogP contribution in [0.4, 0.5) is 4.39 Å². The van der Waals surface area contributed by atoms with Gasteiger partial charge in [-0.3, -0.25) is 4.79 Å². The number of nitrogens with zero attached hydrogens (tertiary/aromatic N) is 2. The van der Waals surface area contributed by atoms with Crippen LogP contribution in [-0.2, 0) is 6.54 Å². The standard InChI is InChI=1S/C16H13FN2OS/c1-2-19-13-9-5-6-10-14(13)21-16(19)18-15(20)11-7-3-4-8-12(11)17/h3-10H,2H2,1H3. The number of para-hydroxylation sites is 1. The summed E-state index contributed by atoms with van der Waals surface area (Å²) in [6, 6.07) is 13.8. The Morgan fingerprint density at radius 2 is 1.90 bits per heavy atom. The lowest BCUT2D eigenvalue weighted by atomic mass is 10.2. The Balaban J connectivity index is 2.16. The molecule has 5 heteroatoms. The van der Waals surface area contributed by atoms with Crippen molar-refractivity contribution in [1.29, 1.82) is 0 Å². The molecular weight excluding hydrogens is 287 g/mol. The molecule has 0 aliphatic heterocycles. The third-order valence-corrected chi connectivity index (χ3v) is 4.27.